The lowest BCUT2D eigenvalue weighted by Gasteiger charge is -2.13. The number of hydrogen-bond acceptors (Lipinski definition) is 1. The summed E-state index contributed by atoms with van der Waals surface area (Å²) in [6.45, 7) is 4.46. The molecule has 1 aromatic rings. The van der Waals surface area contributed by atoms with Crippen molar-refractivity contribution in [2.45, 2.75) is 77.7 Å². The number of unbranched alkanes of at least 4 members (excludes halogenated alkanes) is 6. The van der Waals surface area contributed by atoms with Gasteiger partial charge in [-0.1, -0.05) is 83.1 Å². The van der Waals surface area contributed by atoms with E-state index < -0.39 is 0 Å². The van der Waals surface area contributed by atoms with E-state index in [9.17, 15) is 0 Å². The molecule has 108 valence electrons. The molecule has 0 fully saturated rings. The lowest BCUT2D eigenvalue weighted by atomic mass is 9.98. The first-order valence-electron chi connectivity index (χ1n) is 8.12. The third-order valence-electron chi connectivity index (χ3n) is 3.91. The number of rotatable bonds is 10. The van der Waals surface area contributed by atoms with Crippen LogP contribution in [0.5, 0.6) is 0 Å². The summed E-state index contributed by atoms with van der Waals surface area (Å²) >= 11 is 0. The summed E-state index contributed by atoms with van der Waals surface area (Å²) in [4.78, 5) is 0. The predicted molar refractivity (Wildman–Crippen MR) is 85.4 cm³/mol. The number of aryl methyl sites for hydroxylation is 1. The van der Waals surface area contributed by atoms with E-state index in [1.54, 1.807) is 0 Å². The van der Waals surface area contributed by atoms with Crippen LogP contribution >= 0.6 is 0 Å². The molecule has 0 amide bonds. The quantitative estimate of drug-likeness (QED) is 0.561. The zero-order valence-electron chi connectivity index (χ0n) is 12.8. The van der Waals surface area contributed by atoms with E-state index in [0.29, 0.717) is 0 Å². The standard InChI is InChI=1S/C18H31N/c1-3-5-6-7-8-9-10-14-18(19)17-13-11-12-16(4-2)15-17/h11-13,15,18H,3-10,14,19H2,1-2H3. The van der Waals surface area contributed by atoms with Gasteiger partial charge in [0.2, 0.25) is 0 Å². The summed E-state index contributed by atoms with van der Waals surface area (Å²) in [5.41, 5.74) is 8.99. The second-order valence-corrected chi connectivity index (χ2v) is 5.62. The average molecular weight is 261 g/mol. The summed E-state index contributed by atoms with van der Waals surface area (Å²) < 4.78 is 0. The third kappa shape index (κ3) is 6.77. The molecule has 0 aromatic heterocycles. The van der Waals surface area contributed by atoms with Crippen molar-refractivity contribution in [2.75, 3.05) is 0 Å². The van der Waals surface area contributed by atoms with Crippen molar-refractivity contribution in [3.05, 3.63) is 35.4 Å². The maximum atomic E-state index is 6.28. The van der Waals surface area contributed by atoms with E-state index in [0.717, 1.165) is 12.8 Å². The molecule has 0 spiro atoms. The van der Waals surface area contributed by atoms with Gasteiger partial charge in [-0.3, -0.25) is 0 Å². The van der Waals surface area contributed by atoms with E-state index in [1.165, 1.54) is 56.1 Å². The molecule has 0 heterocycles. The smallest absolute Gasteiger partial charge is 0.0294 e. The highest BCUT2D eigenvalue weighted by molar-refractivity contribution is 5.25. The third-order valence-corrected chi connectivity index (χ3v) is 3.91. The number of benzene rings is 1. The molecule has 0 radical (unpaired) electrons. The van der Waals surface area contributed by atoms with Gasteiger partial charge in [0.05, 0.1) is 0 Å². The number of hydrogen-bond donors (Lipinski definition) is 1. The molecule has 0 aliphatic rings. The van der Waals surface area contributed by atoms with E-state index in [2.05, 4.69) is 38.1 Å². The normalized spacial score (nSPS) is 12.6. The Morgan fingerprint density at radius 2 is 1.63 bits per heavy atom. The highest BCUT2D eigenvalue weighted by Crippen LogP contribution is 2.19. The fraction of sp³-hybridized carbons (Fsp3) is 0.667. The second-order valence-electron chi connectivity index (χ2n) is 5.62. The zero-order valence-corrected chi connectivity index (χ0v) is 12.8. The van der Waals surface area contributed by atoms with Crippen LogP contribution in [0.15, 0.2) is 24.3 Å². The fourth-order valence-electron chi connectivity index (χ4n) is 2.53. The van der Waals surface area contributed by atoms with Crippen molar-refractivity contribution in [1.29, 1.82) is 0 Å². The molecule has 1 unspecified atom stereocenters. The van der Waals surface area contributed by atoms with Gasteiger partial charge in [-0.25, -0.2) is 0 Å². The Labute approximate surface area is 119 Å². The molecule has 1 rings (SSSR count). The molecular formula is C18H31N. The van der Waals surface area contributed by atoms with E-state index in [-0.39, 0.29) is 6.04 Å². The van der Waals surface area contributed by atoms with Crippen LogP contribution in [0.3, 0.4) is 0 Å². The first kappa shape index (κ1) is 16.2. The van der Waals surface area contributed by atoms with Gasteiger partial charge in [0.15, 0.2) is 0 Å². The van der Waals surface area contributed by atoms with Gasteiger partial charge in [-0.2, -0.15) is 0 Å². The summed E-state index contributed by atoms with van der Waals surface area (Å²) in [5.74, 6) is 0. The maximum Gasteiger partial charge on any atom is 0.0294 e. The Hall–Kier alpha value is -0.820. The Morgan fingerprint density at radius 1 is 0.947 bits per heavy atom. The highest BCUT2D eigenvalue weighted by Gasteiger charge is 2.05. The molecule has 1 atom stereocenters. The Morgan fingerprint density at radius 3 is 2.32 bits per heavy atom. The molecule has 1 heteroatoms. The van der Waals surface area contributed by atoms with Crippen LogP contribution in [0, 0.1) is 0 Å². The minimum absolute atomic E-state index is 0.224. The summed E-state index contributed by atoms with van der Waals surface area (Å²) in [6.07, 6.45) is 11.7. The molecule has 2 N–H and O–H groups in total. The molecule has 19 heavy (non-hydrogen) atoms. The lowest BCUT2D eigenvalue weighted by molar-refractivity contribution is 0.541. The Bertz CT molecular complexity index is 332. The van der Waals surface area contributed by atoms with E-state index in [1.807, 2.05) is 0 Å². The van der Waals surface area contributed by atoms with Crippen molar-refractivity contribution in [1.82, 2.24) is 0 Å². The molecule has 1 nitrogen and oxygen atoms in total. The van der Waals surface area contributed by atoms with Crippen LogP contribution in [-0.2, 0) is 6.42 Å². The molecule has 0 aliphatic heterocycles. The van der Waals surface area contributed by atoms with Gasteiger partial charge < -0.3 is 5.73 Å². The van der Waals surface area contributed by atoms with Crippen molar-refractivity contribution < 1.29 is 0 Å². The minimum atomic E-state index is 0.224. The summed E-state index contributed by atoms with van der Waals surface area (Å²) in [6, 6.07) is 8.99. The summed E-state index contributed by atoms with van der Waals surface area (Å²) in [5, 5.41) is 0. The predicted octanol–water partition coefficient (Wildman–Crippen LogP) is 5.39. The van der Waals surface area contributed by atoms with Crippen molar-refractivity contribution in [3.8, 4) is 0 Å². The zero-order chi connectivity index (χ0) is 13.9. The van der Waals surface area contributed by atoms with Crippen molar-refractivity contribution >= 4 is 0 Å². The SMILES string of the molecule is CCCCCCCCCC(N)c1cccc(CC)c1. The molecule has 0 saturated heterocycles. The van der Waals surface area contributed by atoms with Gasteiger partial charge in [0.1, 0.15) is 0 Å². The molecule has 0 saturated carbocycles. The topological polar surface area (TPSA) is 26.0 Å². The summed E-state index contributed by atoms with van der Waals surface area (Å²) in [7, 11) is 0. The van der Waals surface area contributed by atoms with Crippen LogP contribution in [0.1, 0.15) is 82.4 Å². The van der Waals surface area contributed by atoms with Crippen LogP contribution in [0.25, 0.3) is 0 Å². The average Bonchev–Trinajstić information content (AvgIpc) is 2.46. The first-order valence-corrected chi connectivity index (χ1v) is 8.12. The maximum absolute atomic E-state index is 6.28. The fourth-order valence-corrected chi connectivity index (χ4v) is 2.53. The molecule has 0 bridgehead atoms. The van der Waals surface area contributed by atoms with Crippen LogP contribution in [0.4, 0.5) is 0 Å². The molecule has 0 aliphatic carbocycles. The van der Waals surface area contributed by atoms with Crippen LogP contribution in [0.2, 0.25) is 0 Å². The van der Waals surface area contributed by atoms with Gasteiger partial charge in [-0.05, 0) is 24.0 Å². The Kier molecular flexibility index (Phi) is 8.57. The minimum Gasteiger partial charge on any atom is -0.324 e. The monoisotopic (exact) mass is 261 g/mol. The van der Waals surface area contributed by atoms with E-state index in [4.69, 9.17) is 5.73 Å². The van der Waals surface area contributed by atoms with Gasteiger partial charge >= 0.3 is 0 Å². The van der Waals surface area contributed by atoms with Gasteiger partial charge in [0, 0.05) is 6.04 Å². The van der Waals surface area contributed by atoms with E-state index >= 15 is 0 Å². The van der Waals surface area contributed by atoms with Crippen LogP contribution < -0.4 is 5.73 Å². The van der Waals surface area contributed by atoms with Crippen LogP contribution in [-0.4, -0.2) is 0 Å². The lowest BCUT2D eigenvalue weighted by Crippen LogP contribution is -2.10. The van der Waals surface area contributed by atoms with Crippen molar-refractivity contribution in [2.24, 2.45) is 5.73 Å². The van der Waals surface area contributed by atoms with Gasteiger partial charge in [0.25, 0.3) is 0 Å². The van der Waals surface area contributed by atoms with Crippen molar-refractivity contribution in [3.63, 3.8) is 0 Å². The Balaban J connectivity index is 2.18. The highest BCUT2D eigenvalue weighted by atomic mass is 14.6. The largest absolute Gasteiger partial charge is 0.324 e. The first-order chi connectivity index (χ1) is 9.27. The molecular weight excluding hydrogens is 230 g/mol. The number of nitrogens with two attached hydrogens (primary N) is 1. The van der Waals surface area contributed by atoms with Gasteiger partial charge in [-0.15, -0.1) is 0 Å². The molecule has 1 aromatic carbocycles. The second kappa shape index (κ2) is 10.0.